The summed E-state index contributed by atoms with van der Waals surface area (Å²) < 4.78 is 5.27. The molecule has 1 aromatic heterocycles. The largest absolute Gasteiger partial charge is 0.371 e. The second-order valence-corrected chi connectivity index (χ2v) is 3.51. The third kappa shape index (κ3) is 3.67. The monoisotopic (exact) mass is 198 g/mol. The zero-order valence-corrected chi connectivity index (χ0v) is 8.56. The van der Waals surface area contributed by atoms with E-state index in [9.17, 15) is 0 Å². The van der Waals surface area contributed by atoms with Crippen molar-refractivity contribution < 1.29 is 4.74 Å². The zero-order chi connectivity index (χ0) is 9.52. The van der Waals surface area contributed by atoms with Gasteiger partial charge in [0.15, 0.2) is 0 Å². The van der Waals surface area contributed by atoms with Gasteiger partial charge in [-0.1, -0.05) is 6.08 Å². The Morgan fingerprint density at radius 2 is 2.62 bits per heavy atom. The number of hydrogen-bond acceptors (Lipinski definition) is 4. The first-order valence-corrected chi connectivity index (χ1v) is 5.01. The van der Waals surface area contributed by atoms with Crippen LogP contribution in [-0.2, 0) is 17.9 Å². The van der Waals surface area contributed by atoms with Gasteiger partial charge in [0, 0.05) is 11.9 Å². The van der Waals surface area contributed by atoms with Crippen LogP contribution in [0.5, 0.6) is 0 Å². The van der Waals surface area contributed by atoms with E-state index in [1.165, 1.54) is 0 Å². The van der Waals surface area contributed by atoms with Crippen LogP contribution >= 0.6 is 11.3 Å². The van der Waals surface area contributed by atoms with Crippen LogP contribution in [-0.4, -0.2) is 18.6 Å². The SMILES string of the molecule is C=CCOCc1csc(CNC)n1. The van der Waals surface area contributed by atoms with Gasteiger partial charge in [-0.15, -0.1) is 17.9 Å². The van der Waals surface area contributed by atoms with E-state index in [0.29, 0.717) is 13.2 Å². The molecule has 0 atom stereocenters. The summed E-state index contributed by atoms with van der Waals surface area (Å²) in [6.45, 7) is 5.56. The van der Waals surface area contributed by atoms with E-state index in [-0.39, 0.29) is 0 Å². The lowest BCUT2D eigenvalue weighted by Gasteiger charge is -1.96. The van der Waals surface area contributed by atoms with Crippen LogP contribution in [0.2, 0.25) is 0 Å². The van der Waals surface area contributed by atoms with Gasteiger partial charge in [-0.3, -0.25) is 0 Å². The highest BCUT2D eigenvalue weighted by atomic mass is 32.1. The van der Waals surface area contributed by atoms with Crippen LogP contribution in [0.25, 0.3) is 0 Å². The Hall–Kier alpha value is -0.710. The van der Waals surface area contributed by atoms with Gasteiger partial charge in [-0.05, 0) is 7.05 Å². The van der Waals surface area contributed by atoms with Gasteiger partial charge in [0.05, 0.1) is 18.9 Å². The van der Waals surface area contributed by atoms with Crippen LogP contribution in [0.1, 0.15) is 10.7 Å². The summed E-state index contributed by atoms with van der Waals surface area (Å²) in [4.78, 5) is 4.37. The molecule has 0 aliphatic rings. The lowest BCUT2D eigenvalue weighted by Crippen LogP contribution is -2.04. The molecule has 3 nitrogen and oxygen atoms in total. The first kappa shape index (κ1) is 10.4. The molecular weight excluding hydrogens is 184 g/mol. The Morgan fingerprint density at radius 3 is 3.31 bits per heavy atom. The lowest BCUT2D eigenvalue weighted by atomic mass is 10.5. The molecule has 0 aliphatic carbocycles. The number of rotatable bonds is 6. The summed E-state index contributed by atoms with van der Waals surface area (Å²) in [7, 11) is 1.91. The molecule has 4 heteroatoms. The molecule has 0 saturated heterocycles. The Morgan fingerprint density at radius 1 is 1.77 bits per heavy atom. The van der Waals surface area contributed by atoms with E-state index in [2.05, 4.69) is 16.9 Å². The summed E-state index contributed by atoms with van der Waals surface area (Å²) >= 11 is 1.65. The highest BCUT2D eigenvalue weighted by Crippen LogP contribution is 2.09. The van der Waals surface area contributed by atoms with Crippen molar-refractivity contribution in [3.8, 4) is 0 Å². The average molecular weight is 198 g/mol. The average Bonchev–Trinajstić information content (AvgIpc) is 2.54. The van der Waals surface area contributed by atoms with Crippen molar-refractivity contribution >= 4 is 11.3 Å². The maximum absolute atomic E-state index is 5.27. The van der Waals surface area contributed by atoms with Gasteiger partial charge in [0.2, 0.25) is 0 Å². The number of nitrogens with zero attached hydrogens (tertiary/aromatic N) is 1. The van der Waals surface area contributed by atoms with Crippen molar-refractivity contribution in [3.05, 3.63) is 28.7 Å². The molecule has 0 aliphatic heterocycles. The van der Waals surface area contributed by atoms with Gasteiger partial charge in [-0.2, -0.15) is 0 Å². The Bertz CT molecular complexity index is 260. The number of ether oxygens (including phenoxy) is 1. The first-order valence-electron chi connectivity index (χ1n) is 4.13. The smallest absolute Gasteiger partial charge is 0.107 e. The van der Waals surface area contributed by atoms with Crippen LogP contribution < -0.4 is 5.32 Å². The second-order valence-electron chi connectivity index (χ2n) is 2.57. The van der Waals surface area contributed by atoms with E-state index in [0.717, 1.165) is 17.2 Å². The van der Waals surface area contributed by atoms with E-state index in [1.807, 2.05) is 12.4 Å². The Kier molecular flexibility index (Phi) is 4.67. The topological polar surface area (TPSA) is 34.1 Å². The molecule has 1 rings (SSSR count). The minimum absolute atomic E-state index is 0.576. The van der Waals surface area contributed by atoms with Crippen LogP contribution in [0.4, 0.5) is 0 Å². The molecule has 0 bridgehead atoms. The molecule has 0 radical (unpaired) electrons. The third-order valence-corrected chi connectivity index (χ3v) is 2.31. The van der Waals surface area contributed by atoms with Crippen molar-refractivity contribution in [1.82, 2.24) is 10.3 Å². The highest BCUT2D eigenvalue weighted by Gasteiger charge is 1.99. The summed E-state index contributed by atoms with van der Waals surface area (Å²) in [5.74, 6) is 0. The molecule has 0 amide bonds. The van der Waals surface area contributed by atoms with Crippen LogP contribution in [0.3, 0.4) is 0 Å². The quantitative estimate of drug-likeness (QED) is 0.556. The van der Waals surface area contributed by atoms with E-state index < -0.39 is 0 Å². The van der Waals surface area contributed by atoms with E-state index in [4.69, 9.17) is 4.74 Å². The van der Waals surface area contributed by atoms with Crippen molar-refractivity contribution in [3.63, 3.8) is 0 Å². The maximum atomic E-state index is 5.27. The molecular formula is C9H14N2OS. The normalized spacial score (nSPS) is 10.2. The summed E-state index contributed by atoms with van der Waals surface area (Å²) in [6, 6.07) is 0. The summed E-state index contributed by atoms with van der Waals surface area (Å²) in [6.07, 6.45) is 1.74. The molecule has 0 spiro atoms. The molecule has 0 saturated carbocycles. The Balaban J connectivity index is 2.35. The number of nitrogens with one attached hydrogen (secondary N) is 1. The maximum Gasteiger partial charge on any atom is 0.107 e. The van der Waals surface area contributed by atoms with Gasteiger partial charge in [0.25, 0.3) is 0 Å². The number of hydrogen-bond donors (Lipinski definition) is 1. The van der Waals surface area contributed by atoms with Gasteiger partial charge in [-0.25, -0.2) is 4.98 Å². The van der Waals surface area contributed by atoms with Crippen molar-refractivity contribution in [2.24, 2.45) is 0 Å². The van der Waals surface area contributed by atoms with Gasteiger partial charge >= 0.3 is 0 Å². The van der Waals surface area contributed by atoms with Crippen LogP contribution in [0, 0.1) is 0 Å². The van der Waals surface area contributed by atoms with E-state index >= 15 is 0 Å². The molecule has 1 N–H and O–H groups in total. The molecule has 13 heavy (non-hydrogen) atoms. The van der Waals surface area contributed by atoms with Gasteiger partial charge < -0.3 is 10.1 Å². The molecule has 72 valence electrons. The molecule has 1 aromatic rings. The number of aromatic nitrogens is 1. The summed E-state index contributed by atoms with van der Waals surface area (Å²) in [5, 5.41) is 6.18. The molecule has 0 fully saturated rings. The minimum atomic E-state index is 0.576. The zero-order valence-electron chi connectivity index (χ0n) is 7.75. The lowest BCUT2D eigenvalue weighted by molar-refractivity contribution is 0.146. The van der Waals surface area contributed by atoms with Crippen molar-refractivity contribution in [1.29, 1.82) is 0 Å². The van der Waals surface area contributed by atoms with Gasteiger partial charge in [0.1, 0.15) is 5.01 Å². The Labute approximate surface area is 82.5 Å². The number of thiazole rings is 1. The fourth-order valence-corrected chi connectivity index (χ4v) is 1.68. The molecule has 0 unspecified atom stereocenters. The van der Waals surface area contributed by atoms with E-state index in [1.54, 1.807) is 17.4 Å². The van der Waals surface area contributed by atoms with Crippen molar-refractivity contribution in [2.45, 2.75) is 13.2 Å². The molecule has 0 aromatic carbocycles. The third-order valence-electron chi connectivity index (χ3n) is 1.41. The minimum Gasteiger partial charge on any atom is -0.371 e. The standard InChI is InChI=1S/C9H14N2OS/c1-3-4-12-6-8-7-13-9(11-8)5-10-2/h3,7,10H,1,4-6H2,2H3. The summed E-state index contributed by atoms with van der Waals surface area (Å²) in [5.41, 5.74) is 0.997. The first-order chi connectivity index (χ1) is 6.36. The fourth-order valence-electron chi connectivity index (χ4n) is 0.894. The second kappa shape index (κ2) is 5.85. The fraction of sp³-hybridized carbons (Fsp3) is 0.444. The molecule has 1 heterocycles. The predicted molar refractivity (Wildman–Crippen MR) is 54.7 cm³/mol. The van der Waals surface area contributed by atoms with Crippen LogP contribution in [0.15, 0.2) is 18.0 Å². The predicted octanol–water partition coefficient (Wildman–Crippen LogP) is 1.57. The highest BCUT2D eigenvalue weighted by molar-refractivity contribution is 7.09. The van der Waals surface area contributed by atoms with Crippen molar-refractivity contribution in [2.75, 3.05) is 13.7 Å².